The van der Waals surface area contributed by atoms with Crippen LogP contribution in [-0.4, -0.2) is 27.2 Å². The zero-order chi connectivity index (χ0) is 11.0. The number of rotatable bonds is 4. The van der Waals surface area contributed by atoms with Crippen molar-refractivity contribution in [1.29, 1.82) is 0 Å². The fraction of sp³-hybridized carbons (Fsp3) is 0.800. The standard InChI is InChI=1S/C10H17N3O2/c1-6-4-9(6)13-10(7(2)15-3)8(5-14)11-12-13/h6-7,9,14H,4-5H2,1-3H3. The Kier molecular flexibility index (Phi) is 2.75. The Balaban J connectivity index is 2.33. The maximum atomic E-state index is 9.17. The van der Waals surface area contributed by atoms with Gasteiger partial charge in [0.15, 0.2) is 0 Å². The molecule has 1 aliphatic rings. The first-order valence-corrected chi connectivity index (χ1v) is 5.26. The van der Waals surface area contributed by atoms with Crippen molar-refractivity contribution in [1.82, 2.24) is 15.0 Å². The molecule has 0 amide bonds. The zero-order valence-corrected chi connectivity index (χ0v) is 9.34. The van der Waals surface area contributed by atoms with E-state index in [1.165, 1.54) is 0 Å². The molecule has 0 radical (unpaired) electrons. The van der Waals surface area contributed by atoms with Gasteiger partial charge in [0.1, 0.15) is 5.69 Å². The third kappa shape index (κ3) is 1.77. The second-order valence-electron chi connectivity index (χ2n) is 4.18. The highest BCUT2D eigenvalue weighted by atomic mass is 16.5. The Labute approximate surface area is 89.0 Å². The highest BCUT2D eigenvalue weighted by Gasteiger charge is 2.38. The molecular formula is C10H17N3O2. The van der Waals surface area contributed by atoms with Gasteiger partial charge in [-0.15, -0.1) is 5.10 Å². The number of aromatic nitrogens is 3. The second kappa shape index (κ2) is 3.90. The van der Waals surface area contributed by atoms with Crippen molar-refractivity contribution in [2.24, 2.45) is 5.92 Å². The van der Waals surface area contributed by atoms with Gasteiger partial charge in [0.2, 0.25) is 0 Å². The molecule has 1 saturated carbocycles. The third-order valence-corrected chi connectivity index (χ3v) is 3.07. The number of aliphatic hydroxyl groups is 1. The molecule has 1 N–H and O–H groups in total. The fourth-order valence-corrected chi connectivity index (χ4v) is 1.87. The van der Waals surface area contributed by atoms with Crippen LogP contribution in [-0.2, 0) is 11.3 Å². The minimum atomic E-state index is -0.0792. The van der Waals surface area contributed by atoms with Crippen molar-refractivity contribution in [3.8, 4) is 0 Å². The molecule has 0 aromatic carbocycles. The van der Waals surface area contributed by atoms with Crippen LogP contribution in [0.1, 0.15) is 43.8 Å². The lowest BCUT2D eigenvalue weighted by Crippen LogP contribution is -2.10. The molecule has 0 bridgehead atoms. The van der Waals surface area contributed by atoms with Crippen LogP contribution in [0.5, 0.6) is 0 Å². The number of methoxy groups -OCH3 is 1. The van der Waals surface area contributed by atoms with Gasteiger partial charge in [-0.2, -0.15) is 0 Å². The molecule has 2 rings (SSSR count). The van der Waals surface area contributed by atoms with Crippen molar-refractivity contribution >= 4 is 0 Å². The van der Waals surface area contributed by atoms with Crippen molar-refractivity contribution in [3.05, 3.63) is 11.4 Å². The van der Waals surface area contributed by atoms with Crippen LogP contribution in [0.15, 0.2) is 0 Å². The number of nitrogens with zero attached hydrogens (tertiary/aromatic N) is 3. The van der Waals surface area contributed by atoms with Gasteiger partial charge >= 0.3 is 0 Å². The van der Waals surface area contributed by atoms with Crippen LogP contribution < -0.4 is 0 Å². The van der Waals surface area contributed by atoms with E-state index in [1.807, 2.05) is 11.6 Å². The zero-order valence-electron chi connectivity index (χ0n) is 9.34. The van der Waals surface area contributed by atoms with E-state index in [1.54, 1.807) is 7.11 Å². The number of hydrogen-bond donors (Lipinski definition) is 1. The van der Waals surface area contributed by atoms with E-state index in [0.717, 1.165) is 12.1 Å². The van der Waals surface area contributed by atoms with E-state index >= 15 is 0 Å². The second-order valence-corrected chi connectivity index (χ2v) is 4.18. The van der Waals surface area contributed by atoms with Gasteiger partial charge < -0.3 is 9.84 Å². The van der Waals surface area contributed by atoms with Crippen LogP contribution in [0, 0.1) is 5.92 Å². The summed E-state index contributed by atoms with van der Waals surface area (Å²) in [6, 6.07) is 0.436. The summed E-state index contributed by atoms with van der Waals surface area (Å²) >= 11 is 0. The van der Waals surface area contributed by atoms with Crippen LogP contribution in [0.4, 0.5) is 0 Å². The summed E-state index contributed by atoms with van der Waals surface area (Å²) < 4.78 is 7.19. The molecule has 0 saturated heterocycles. The summed E-state index contributed by atoms with van der Waals surface area (Å²) in [6.07, 6.45) is 1.06. The Morgan fingerprint density at radius 2 is 2.33 bits per heavy atom. The van der Waals surface area contributed by atoms with Crippen LogP contribution >= 0.6 is 0 Å². The van der Waals surface area contributed by atoms with Crippen molar-refractivity contribution in [3.63, 3.8) is 0 Å². The lowest BCUT2D eigenvalue weighted by Gasteiger charge is -2.12. The van der Waals surface area contributed by atoms with Gasteiger partial charge in [0.25, 0.3) is 0 Å². The largest absolute Gasteiger partial charge is 0.390 e. The topological polar surface area (TPSA) is 60.2 Å². The van der Waals surface area contributed by atoms with Crippen LogP contribution in [0.3, 0.4) is 0 Å². The molecule has 15 heavy (non-hydrogen) atoms. The van der Waals surface area contributed by atoms with Crippen molar-refractivity contribution in [2.75, 3.05) is 7.11 Å². The summed E-state index contributed by atoms with van der Waals surface area (Å²) in [5, 5.41) is 17.3. The summed E-state index contributed by atoms with van der Waals surface area (Å²) in [5.41, 5.74) is 1.54. The summed E-state index contributed by atoms with van der Waals surface area (Å²) in [6.45, 7) is 4.05. The highest BCUT2D eigenvalue weighted by molar-refractivity contribution is 5.14. The van der Waals surface area contributed by atoms with E-state index in [0.29, 0.717) is 17.7 Å². The lowest BCUT2D eigenvalue weighted by molar-refractivity contribution is 0.108. The predicted molar refractivity (Wildman–Crippen MR) is 54.2 cm³/mol. The molecule has 0 aliphatic heterocycles. The number of hydrogen-bond acceptors (Lipinski definition) is 4. The highest BCUT2D eigenvalue weighted by Crippen LogP contribution is 2.43. The monoisotopic (exact) mass is 211 g/mol. The Bertz CT molecular complexity index is 350. The lowest BCUT2D eigenvalue weighted by atomic mass is 10.2. The maximum Gasteiger partial charge on any atom is 0.114 e. The molecule has 1 aliphatic carbocycles. The molecule has 0 spiro atoms. The number of aliphatic hydroxyl groups excluding tert-OH is 1. The SMILES string of the molecule is COC(C)c1c(CO)nnn1C1CC1C. The van der Waals surface area contributed by atoms with Crippen molar-refractivity contribution in [2.45, 2.75) is 39.0 Å². The fourth-order valence-electron chi connectivity index (χ4n) is 1.87. The maximum absolute atomic E-state index is 9.17. The molecule has 5 nitrogen and oxygen atoms in total. The summed E-state index contributed by atoms with van der Waals surface area (Å²) in [5.74, 6) is 0.654. The first-order chi connectivity index (χ1) is 7.19. The van der Waals surface area contributed by atoms with Gasteiger partial charge in [-0.05, 0) is 19.3 Å². The van der Waals surface area contributed by atoms with Gasteiger partial charge in [-0.1, -0.05) is 12.1 Å². The molecule has 1 aromatic rings. The van der Waals surface area contributed by atoms with Crippen molar-refractivity contribution < 1.29 is 9.84 Å². The Hall–Kier alpha value is -0.940. The Morgan fingerprint density at radius 1 is 1.67 bits per heavy atom. The smallest absolute Gasteiger partial charge is 0.114 e. The normalized spacial score (nSPS) is 26.7. The molecular weight excluding hydrogens is 194 g/mol. The summed E-state index contributed by atoms with van der Waals surface area (Å²) in [4.78, 5) is 0. The van der Waals surface area contributed by atoms with Gasteiger partial charge in [0.05, 0.1) is 24.4 Å². The van der Waals surface area contributed by atoms with Gasteiger partial charge in [-0.3, -0.25) is 0 Å². The minimum Gasteiger partial charge on any atom is -0.390 e. The molecule has 3 atom stereocenters. The molecule has 1 heterocycles. The van der Waals surface area contributed by atoms with Crippen LogP contribution in [0.25, 0.3) is 0 Å². The summed E-state index contributed by atoms with van der Waals surface area (Å²) in [7, 11) is 1.65. The third-order valence-electron chi connectivity index (χ3n) is 3.07. The van der Waals surface area contributed by atoms with Gasteiger partial charge in [-0.25, -0.2) is 4.68 Å². The molecule has 3 unspecified atom stereocenters. The van der Waals surface area contributed by atoms with E-state index in [9.17, 15) is 5.11 Å². The van der Waals surface area contributed by atoms with E-state index in [4.69, 9.17) is 4.74 Å². The van der Waals surface area contributed by atoms with Gasteiger partial charge in [0, 0.05) is 7.11 Å². The first kappa shape index (κ1) is 10.6. The first-order valence-electron chi connectivity index (χ1n) is 5.26. The average molecular weight is 211 g/mol. The molecule has 5 heteroatoms. The molecule has 1 fully saturated rings. The number of ether oxygens (including phenoxy) is 1. The van der Waals surface area contributed by atoms with Crippen LogP contribution in [0.2, 0.25) is 0 Å². The predicted octanol–water partition coefficient (Wildman–Crippen LogP) is 1.06. The Morgan fingerprint density at radius 3 is 2.80 bits per heavy atom. The van der Waals surface area contributed by atoms with E-state index in [-0.39, 0.29) is 12.7 Å². The molecule has 1 aromatic heterocycles. The molecule has 84 valence electrons. The minimum absolute atomic E-state index is 0.0741. The van der Waals surface area contributed by atoms with E-state index in [2.05, 4.69) is 17.2 Å². The average Bonchev–Trinajstić information content (AvgIpc) is 2.82. The van der Waals surface area contributed by atoms with E-state index < -0.39 is 0 Å². The quantitative estimate of drug-likeness (QED) is 0.809.